The Labute approximate surface area is 182 Å². The van der Waals surface area contributed by atoms with Gasteiger partial charge in [-0.25, -0.2) is 12.8 Å². The topological polar surface area (TPSA) is 75.3 Å². The summed E-state index contributed by atoms with van der Waals surface area (Å²) in [5.74, 6) is -0.952. The molecule has 3 rings (SSSR count). The molecule has 162 valence electrons. The Bertz CT molecular complexity index is 1150. The van der Waals surface area contributed by atoms with Crippen molar-refractivity contribution >= 4 is 21.6 Å². The fraction of sp³-hybridized carbons (Fsp3) is 0.208. The second-order valence-electron chi connectivity index (χ2n) is 7.59. The van der Waals surface area contributed by atoms with Crippen molar-refractivity contribution in [2.75, 3.05) is 5.32 Å². The van der Waals surface area contributed by atoms with Gasteiger partial charge in [-0.1, -0.05) is 48.0 Å². The molecule has 0 aliphatic carbocycles. The van der Waals surface area contributed by atoms with Crippen molar-refractivity contribution in [1.82, 2.24) is 4.72 Å². The molecule has 0 radical (unpaired) electrons. The lowest BCUT2D eigenvalue weighted by atomic mass is 10.1. The average Bonchev–Trinajstić information content (AvgIpc) is 2.68. The maximum absolute atomic E-state index is 13.2. The van der Waals surface area contributed by atoms with Crippen molar-refractivity contribution in [3.8, 4) is 0 Å². The van der Waals surface area contributed by atoms with E-state index in [1.54, 1.807) is 26.0 Å². The molecule has 5 nitrogen and oxygen atoms in total. The van der Waals surface area contributed by atoms with Crippen LogP contribution in [0.5, 0.6) is 0 Å². The Morgan fingerprint density at radius 3 is 2.10 bits per heavy atom. The molecule has 3 aromatic rings. The minimum Gasteiger partial charge on any atom is -0.325 e. The standard InChI is InChI=1S/C24H25FN2O3S/c1-16-13-17(2)23(18(3)14-16)31(29,30)27-22(15-19-7-5-4-6-8-19)24(28)26-21-11-9-20(25)10-12-21/h4-14,22,27H,15H2,1-3H3,(H,26,28)/t22-/m0/s1. The number of amides is 1. The van der Waals surface area contributed by atoms with Crippen LogP contribution in [0.15, 0.2) is 71.6 Å². The lowest BCUT2D eigenvalue weighted by molar-refractivity contribution is -0.117. The van der Waals surface area contributed by atoms with Crippen molar-refractivity contribution in [2.24, 2.45) is 0 Å². The molecule has 31 heavy (non-hydrogen) atoms. The zero-order valence-electron chi connectivity index (χ0n) is 17.6. The molecule has 0 bridgehead atoms. The smallest absolute Gasteiger partial charge is 0.242 e. The van der Waals surface area contributed by atoms with Crippen molar-refractivity contribution in [3.63, 3.8) is 0 Å². The van der Waals surface area contributed by atoms with Gasteiger partial charge in [-0.15, -0.1) is 0 Å². The highest BCUT2D eigenvalue weighted by atomic mass is 32.2. The number of sulfonamides is 1. The van der Waals surface area contributed by atoms with Crippen LogP contribution in [0.25, 0.3) is 0 Å². The third kappa shape index (κ3) is 5.77. The van der Waals surface area contributed by atoms with Crippen LogP contribution in [0.3, 0.4) is 0 Å². The molecule has 1 atom stereocenters. The van der Waals surface area contributed by atoms with Gasteiger partial charge in [0.05, 0.1) is 4.90 Å². The normalized spacial score (nSPS) is 12.4. The van der Waals surface area contributed by atoms with Gasteiger partial charge in [0.2, 0.25) is 15.9 Å². The molecule has 0 aliphatic rings. The number of carbonyl (C=O) groups is 1. The van der Waals surface area contributed by atoms with Crippen LogP contribution in [0.4, 0.5) is 10.1 Å². The predicted molar refractivity (Wildman–Crippen MR) is 120 cm³/mol. The summed E-state index contributed by atoms with van der Waals surface area (Å²) in [6.45, 7) is 5.37. The van der Waals surface area contributed by atoms with E-state index >= 15 is 0 Å². The first kappa shape index (κ1) is 22.7. The molecule has 0 fully saturated rings. The number of halogens is 1. The summed E-state index contributed by atoms with van der Waals surface area (Å²) < 4.78 is 42.2. The number of hydrogen-bond acceptors (Lipinski definition) is 3. The minimum atomic E-state index is -3.97. The van der Waals surface area contributed by atoms with E-state index in [1.807, 2.05) is 37.3 Å². The summed E-state index contributed by atoms with van der Waals surface area (Å²) >= 11 is 0. The highest BCUT2D eigenvalue weighted by Gasteiger charge is 2.28. The third-order valence-corrected chi connectivity index (χ3v) is 6.66. The first-order valence-corrected chi connectivity index (χ1v) is 11.3. The van der Waals surface area contributed by atoms with Crippen LogP contribution in [0.1, 0.15) is 22.3 Å². The molecule has 0 unspecified atom stereocenters. The molecule has 0 heterocycles. The van der Waals surface area contributed by atoms with Gasteiger partial charge in [0, 0.05) is 5.69 Å². The van der Waals surface area contributed by atoms with Crippen molar-refractivity contribution in [2.45, 2.75) is 38.1 Å². The van der Waals surface area contributed by atoms with E-state index in [2.05, 4.69) is 10.0 Å². The first-order valence-electron chi connectivity index (χ1n) is 9.86. The van der Waals surface area contributed by atoms with Gasteiger partial charge in [-0.2, -0.15) is 4.72 Å². The molecule has 1 amide bonds. The van der Waals surface area contributed by atoms with Crippen LogP contribution in [0.2, 0.25) is 0 Å². The first-order chi connectivity index (χ1) is 14.7. The zero-order chi connectivity index (χ0) is 22.6. The van der Waals surface area contributed by atoms with Gasteiger partial charge >= 0.3 is 0 Å². The lowest BCUT2D eigenvalue weighted by Crippen LogP contribution is -2.45. The SMILES string of the molecule is Cc1cc(C)c(S(=O)(=O)N[C@@H](Cc2ccccc2)C(=O)Nc2ccc(F)cc2)c(C)c1. The summed E-state index contributed by atoms with van der Waals surface area (Å²) in [5, 5.41) is 2.67. The monoisotopic (exact) mass is 440 g/mol. The molecule has 0 saturated heterocycles. The lowest BCUT2D eigenvalue weighted by Gasteiger charge is -2.20. The molecule has 0 aromatic heterocycles. The number of aryl methyl sites for hydroxylation is 3. The average molecular weight is 441 g/mol. The van der Waals surface area contributed by atoms with E-state index < -0.39 is 27.8 Å². The number of rotatable bonds is 7. The van der Waals surface area contributed by atoms with E-state index in [0.29, 0.717) is 16.8 Å². The molecular weight excluding hydrogens is 415 g/mol. The van der Waals surface area contributed by atoms with E-state index in [0.717, 1.165) is 11.1 Å². The number of benzene rings is 3. The van der Waals surface area contributed by atoms with E-state index in [4.69, 9.17) is 0 Å². The molecule has 3 aromatic carbocycles. The maximum atomic E-state index is 13.2. The molecular formula is C24H25FN2O3S. The number of hydrogen-bond donors (Lipinski definition) is 2. The van der Waals surface area contributed by atoms with E-state index in [-0.39, 0.29) is 11.3 Å². The van der Waals surface area contributed by atoms with Gasteiger partial charge in [-0.3, -0.25) is 4.79 Å². The van der Waals surface area contributed by atoms with Crippen LogP contribution < -0.4 is 10.0 Å². The van der Waals surface area contributed by atoms with Gasteiger partial charge < -0.3 is 5.32 Å². The Balaban J connectivity index is 1.92. The third-order valence-electron chi connectivity index (χ3n) is 4.88. The molecule has 0 aliphatic heterocycles. The summed E-state index contributed by atoms with van der Waals surface area (Å²) in [6.07, 6.45) is 0.164. The number of nitrogens with one attached hydrogen (secondary N) is 2. The minimum absolute atomic E-state index is 0.164. The van der Waals surface area contributed by atoms with Crippen molar-refractivity contribution in [1.29, 1.82) is 0 Å². The van der Waals surface area contributed by atoms with Gasteiger partial charge in [-0.05, 0) is 68.1 Å². The predicted octanol–water partition coefficient (Wildman–Crippen LogP) is 4.28. The fourth-order valence-corrected chi connectivity index (χ4v) is 5.29. The second kappa shape index (κ2) is 9.41. The highest BCUT2D eigenvalue weighted by Crippen LogP contribution is 2.22. The van der Waals surface area contributed by atoms with Crippen LogP contribution >= 0.6 is 0 Å². The van der Waals surface area contributed by atoms with Crippen LogP contribution in [-0.2, 0) is 21.2 Å². The van der Waals surface area contributed by atoms with Gasteiger partial charge in [0.25, 0.3) is 0 Å². The second-order valence-corrected chi connectivity index (χ2v) is 9.24. The Morgan fingerprint density at radius 2 is 1.52 bits per heavy atom. The zero-order valence-corrected chi connectivity index (χ0v) is 18.5. The Kier molecular flexibility index (Phi) is 6.87. The molecule has 2 N–H and O–H groups in total. The Morgan fingerprint density at radius 1 is 0.935 bits per heavy atom. The summed E-state index contributed by atoms with van der Waals surface area (Å²) in [5.41, 5.74) is 3.38. The van der Waals surface area contributed by atoms with Gasteiger partial charge in [0.15, 0.2) is 0 Å². The van der Waals surface area contributed by atoms with Crippen molar-refractivity contribution in [3.05, 3.63) is 94.8 Å². The van der Waals surface area contributed by atoms with Crippen LogP contribution in [0, 0.1) is 26.6 Å². The van der Waals surface area contributed by atoms with E-state index in [9.17, 15) is 17.6 Å². The quantitative estimate of drug-likeness (QED) is 0.576. The molecule has 0 saturated carbocycles. The highest BCUT2D eigenvalue weighted by molar-refractivity contribution is 7.89. The number of carbonyl (C=O) groups excluding carboxylic acids is 1. The summed E-state index contributed by atoms with van der Waals surface area (Å²) in [7, 11) is -3.97. The maximum Gasteiger partial charge on any atom is 0.242 e. The van der Waals surface area contributed by atoms with Gasteiger partial charge in [0.1, 0.15) is 11.9 Å². The number of anilines is 1. The molecule has 0 spiro atoms. The fourth-order valence-electron chi connectivity index (χ4n) is 3.64. The Hall–Kier alpha value is -3.03. The summed E-state index contributed by atoms with van der Waals surface area (Å²) in [6, 6.07) is 17.0. The molecule has 7 heteroatoms. The van der Waals surface area contributed by atoms with E-state index in [1.165, 1.54) is 24.3 Å². The van der Waals surface area contributed by atoms with Crippen molar-refractivity contribution < 1.29 is 17.6 Å². The van der Waals surface area contributed by atoms with Crippen LogP contribution in [-0.4, -0.2) is 20.4 Å². The largest absolute Gasteiger partial charge is 0.325 e. The summed E-state index contributed by atoms with van der Waals surface area (Å²) in [4.78, 5) is 13.2.